The van der Waals surface area contributed by atoms with Crippen molar-refractivity contribution in [2.45, 2.75) is 36.3 Å². The largest absolute Gasteiger partial charge is 0.387 e. The van der Waals surface area contributed by atoms with E-state index in [1.54, 1.807) is 24.3 Å². The van der Waals surface area contributed by atoms with Crippen LogP contribution >= 0.6 is 0 Å². The number of anilines is 1. The van der Waals surface area contributed by atoms with Gasteiger partial charge in [0.2, 0.25) is 0 Å². The van der Waals surface area contributed by atoms with Crippen molar-refractivity contribution >= 4 is 15.5 Å². The molecule has 5 nitrogen and oxygen atoms in total. The van der Waals surface area contributed by atoms with Gasteiger partial charge >= 0.3 is 0 Å². The molecule has 1 N–H and O–H groups in total. The minimum absolute atomic E-state index is 0.287. The van der Waals surface area contributed by atoms with E-state index in [-0.39, 0.29) is 4.90 Å². The van der Waals surface area contributed by atoms with Crippen LogP contribution in [0.15, 0.2) is 53.4 Å². The highest BCUT2D eigenvalue weighted by Gasteiger charge is 2.30. The summed E-state index contributed by atoms with van der Waals surface area (Å²) in [5, 5.41) is 10.7. The van der Waals surface area contributed by atoms with Crippen LogP contribution in [-0.2, 0) is 16.3 Å². The monoisotopic (exact) mass is 400 g/mol. The maximum atomic E-state index is 11.6. The number of aliphatic hydroxyl groups is 1. The molecule has 28 heavy (non-hydrogen) atoms. The normalized spacial score (nSPS) is 21.1. The minimum Gasteiger partial charge on any atom is -0.387 e. The van der Waals surface area contributed by atoms with Gasteiger partial charge in [-0.15, -0.1) is 0 Å². The Morgan fingerprint density at radius 3 is 2.61 bits per heavy atom. The molecule has 150 valence electrons. The molecular weight excluding hydrogens is 372 g/mol. The Hall–Kier alpha value is -1.89. The van der Waals surface area contributed by atoms with Crippen molar-refractivity contribution in [2.75, 3.05) is 37.3 Å². The lowest BCUT2D eigenvalue weighted by atomic mass is 10.1. The van der Waals surface area contributed by atoms with E-state index in [1.807, 2.05) is 0 Å². The smallest absolute Gasteiger partial charge is 0.175 e. The summed E-state index contributed by atoms with van der Waals surface area (Å²) in [7, 11) is -3.21. The van der Waals surface area contributed by atoms with E-state index >= 15 is 0 Å². The molecule has 0 spiro atoms. The summed E-state index contributed by atoms with van der Waals surface area (Å²) in [6.45, 7) is 3.65. The van der Waals surface area contributed by atoms with Crippen LogP contribution in [0.5, 0.6) is 0 Å². The minimum atomic E-state index is -3.21. The Labute approximate surface area is 167 Å². The number of hydrogen-bond acceptors (Lipinski definition) is 5. The Morgan fingerprint density at radius 2 is 1.86 bits per heavy atom. The molecule has 6 heteroatoms. The van der Waals surface area contributed by atoms with E-state index in [0.29, 0.717) is 12.6 Å². The van der Waals surface area contributed by atoms with Gasteiger partial charge in [-0.2, -0.15) is 0 Å². The van der Waals surface area contributed by atoms with Crippen molar-refractivity contribution in [1.29, 1.82) is 0 Å². The molecule has 0 aliphatic carbocycles. The molecule has 2 heterocycles. The third kappa shape index (κ3) is 4.09. The number of likely N-dealkylation sites (tertiary alicyclic amines) is 1. The van der Waals surface area contributed by atoms with Gasteiger partial charge in [0.25, 0.3) is 0 Å². The average molecular weight is 401 g/mol. The Bertz CT molecular complexity index is 927. The quantitative estimate of drug-likeness (QED) is 0.808. The molecule has 2 aromatic carbocycles. The molecule has 4 rings (SSSR count). The van der Waals surface area contributed by atoms with Crippen LogP contribution < -0.4 is 4.90 Å². The van der Waals surface area contributed by atoms with E-state index in [9.17, 15) is 13.5 Å². The van der Waals surface area contributed by atoms with Crippen LogP contribution in [0.25, 0.3) is 0 Å². The molecule has 0 aromatic heterocycles. The molecule has 0 bridgehead atoms. The van der Waals surface area contributed by atoms with Gasteiger partial charge in [-0.25, -0.2) is 8.42 Å². The van der Waals surface area contributed by atoms with Crippen molar-refractivity contribution in [3.63, 3.8) is 0 Å². The van der Waals surface area contributed by atoms with Gasteiger partial charge in [0.1, 0.15) is 0 Å². The number of para-hydroxylation sites is 1. The molecule has 2 aliphatic rings. The Morgan fingerprint density at radius 1 is 1.11 bits per heavy atom. The molecule has 1 fully saturated rings. The molecule has 0 saturated carbocycles. The first-order valence-electron chi connectivity index (χ1n) is 9.97. The summed E-state index contributed by atoms with van der Waals surface area (Å²) in [5.74, 6) is 0. The van der Waals surface area contributed by atoms with Crippen molar-refractivity contribution in [3.8, 4) is 0 Å². The van der Waals surface area contributed by atoms with E-state index in [2.05, 4.69) is 34.1 Å². The van der Waals surface area contributed by atoms with Gasteiger partial charge in [-0.3, -0.25) is 4.90 Å². The van der Waals surface area contributed by atoms with Gasteiger partial charge in [-0.05, 0) is 55.1 Å². The summed E-state index contributed by atoms with van der Waals surface area (Å²) in [6.07, 6.45) is 4.00. The highest BCUT2D eigenvalue weighted by atomic mass is 32.2. The van der Waals surface area contributed by atoms with E-state index in [0.717, 1.165) is 44.5 Å². The fourth-order valence-electron chi connectivity index (χ4n) is 4.46. The van der Waals surface area contributed by atoms with Gasteiger partial charge in [0.05, 0.1) is 11.0 Å². The summed E-state index contributed by atoms with van der Waals surface area (Å²) < 4.78 is 23.2. The van der Waals surface area contributed by atoms with Gasteiger partial charge in [-0.1, -0.05) is 30.3 Å². The second kappa shape index (κ2) is 7.85. The topological polar surface area (TPSA) is 60.9 Å². The van der Waals surface area contributed by atoms with Crippen LogP contribution in [0.1, 0.15) is 30.1 Å². The van der Waals surface area contributed by atoms with Crippen LogP contribution in [0.3, 0.4) is 0 Å². The summed E-state index contributed by atoms with van der Waals surface area (Å²) in [4.78, 5) is 5.15. The lowest BCUT2D eigenvalue weighted by Gasteiger charge is -2.31. The van der Waals surface area contributed by atoms with Crippen molar-refractivity contribution in [1.82, 2.24) is 4.90 Å². The van der Waals surface area contributed by atoms with E-state index in [1.165, 1.54) is 17.5 Å². The third-order valence-electron chi connectivity index (χ3n) is 6.01. The van der Waals surface area contributed by atoms with Crippen LogP contribution in [0.2, 0.25) is 0 Å². The number of aliphatic hydroxyl groups excluding tert-OH is 1. The Kier molecular flexibility index (Phi) is 5.45. The number of fused-ring (bicyclic) bond motifs is 1. The summed E-state index contributed by atoms with van der Waals surface area (Å²) >= 11 is 0. The van der Waals surface area contributed by atoms with Crippen molar-refractivity contribution < 1.29 is 13.5 Å². The SMILES string of the molecule is CS(=O)(=O)c1ccc([C@@H](O)CN2CCC[C@H]2CN2CCc3ccccc32)cc1. The van der Waals surface area contributed by atoms with Gasteiger partial charge in [0.15, 0.2) is 9.84 Å². The van der Waals surface area contributed by atoms with Crippen molar-refractivity contribution in [3.05, 3.63) is 59.7 Å². The molecule has 2 aliphatic heterocycles. The number of hydrogen-bond donors (Lipinski definition) is 1. The van der Waals surface area contributed by atoms with Crippen LogP contribution in [0.4, 0.5) is 5.69 Å². The lowest BCUT2D eigenvalue weighted by molar-refractivity contribution is 0.107. The maximum absolute atomic E-state index is 11.6. The van der Waals surface area contributed by atoms with Gasteiger partial charge in [0, 0.05) is 37.6 Å². The highest BCUT2D eigenvalue weighted by molar-refractivity contribution is 7.90. The predicted molar refractivity (Wildman–Crippen MR) is 111 cm³/mol. The number of rotatable bonds is 6. The van der Waals surface area contributed by atoms with E-state index in [4.69, 9.17) is 0 Å². The number of benzene rings is 2. The van der Waals surface area contributed by atoms with Crippen LogP contribution in [-0.4, -0.2) is 56.9 Å². The zero-order valence-electron chi connectivity index (χ0n) is 16.3. The zero-order chi connectivity index (χ0) is 19.7. The second-order valence-corrected chi connectivity index (χ2v) is 9.99. The number of nitrogens with zero attached hydrogens (tertiary/aromatic N) is 2. The first kappa shape index (κ1) is 19.4. The zero-order valence-corrected chi connectivity index (χ0v) is 17.1. The first-order chi connectivity index (χ1) is 13.4. The average Bonchev–Trinajstić information content (AvgIpc) is 3.29. The van der Waals surface area contributed by atoms with E-state index < -0.39 is 15.9 Å². The van der Waals surface area contributed by atoms with Crippen LogP contribution in [0, 0.1) is 0 Å². The molecule has 1 saturated heterocycles. The van der Waals surface area contributed by atoms with Gasteiger partial charge < -0.3 is 10.0 Å². The third-order valence-corrected chi connectivity index (χ3v) is 7.14. The van der Waals surface area contributed by atoms with Crippen molar-refractivity contribution in [2.24, 2.45) is 0 Å². The molecule has 0 amide bonds. The lowest BCUT2D eigenvalue weighted by Crippen LogP contribution is -2.41. The first-order valence-corrected chi connectivity index (χ1v) is 11.9. The standard InChI is InChI=1S/C22H28N2O3S/c1-28(26,27)20-10-8-18(9-11-20)22(25)16-23-13-4-6-19(23)15-24-14-12-17-5-2-3-7-21(17)24/h2-3,5,7-11,19,22,25H,4,6,12-16H2,1H3/t19-,22-/m0/s1. The fourth-order valence-corrected chi connectivity index (χ4v) is 5.09. The molecular formula is C22H28N2O3S. The summed E-state index contributed by atoms with van der Waals surface area (Å²) in [5.41, 5.74) is 3.55. The Balaban J connectivity index is 1.40. The molecule has 2 aromatic rings. The highest BCUT2D eigenvalue weighted by Crippen LogP contribution is 2.30. The summed E-state index contributed by atoms with van der Waals surface area (Å²) in [6, 6.07) is 15.7. The molecule has 0 radical (unpaired) electrons. The second-order valence-electron chi connectivity index (χ2n) is 7.97. The molecule has 0 unspecified atom stereocenters. The maximum Gasteiger partial charge on any atom is 0.175 e. The predicted octanol–water partition coefficient (Wildman–Crippen LogP) is 2.65. The number of β-amino-alcohol motifs (C(OH)–C–C–N with tert-alkyl or cyclic N) is 1. The fraction of sp³-hybridized carbons (Fsp3) is 0.455. The molecule has 2 atom stereocenters. The number of sulfone groups is 1.